The van der Waals surface area contributed by atoms with Crippen LogP contribution in [0.1, 0.15) is 21.6 Å². The third-order valence-electron chi connectivity index (χ3n) is 5.81. The van der Waals surface area contributed by atoms with Crippen molar-refractivity contribution in [3.63, 3.8) is 0 Å². The van der Waals surface area contributed by atoms with Crippen molar-refractivity contribution in [3.05, 3.63) is 120 Å². The molecule has 0 bridgehead atoms. The van der Waals surface area contributed by atoms with E-state index in [-0.39, 0.29) is 16.5 Å². The van der Waals surface area contributed by atoms with Crippen LogP contribution in [0.5, 0.6) is 11.5 Å². The lowest BCUT2D eigenvalue weighted by atomic mass is 10.1. The molecule has 3 aromatic carbocycles. The van der Waals surface area contributed by atoms with Crippen molar-refractivity contribution in [3.8, 4) is 11.5 Å². The van der Waals surface area contributed by atoms with Gasteiger partial charge in [0.2, 0.25) is 0 Å². The van der Waals surface area contributed by atoms with E-state index in [4.69, 9.17) is 17.0 Å². The molecule has 1 aliphatic rings. The zero-order chi connectivity index (χ0) is 25.9. The van der Waals surface area contributed by atoms with Gasteiger partial charge in [-0.25, -0.2) is 0 Å². The van der Waals surface area contributed by atoms with Gasteiger partial charge in [0.05, 0.1) is 5.69 Å². The van der Waals surface area contributed by atoms with E-state index >= 15 is 0 Å². The van der Waals surface area contributed by atoms with Crippen molar-refractivity contribution >= 4 is 46.7 Å². The Kier molecular flexibility index (Phi) is 6.49. The second kappa shape index (κ2) is 10.0. The number of rotatable bonds is 6. The molecule has 4 aromatic rings. The minimum absolute atomic E-state index is 0.0179. The van der Waals surface area contributed by atoms with Crippen LogP contribution in [0.25, 0.3) is 6.08 Å². The fraction of sp³-hybridized carbons (Fsp3) is 0.0345. The van der Waals surface area contributed by atoms with Crippen LogP contribution in [-0.4, -0.2) is 27.3 Å². The summed E-state index contributed by atoms with van der Waals surface area (Å²) in [5.41, 5.74) is 1.91. The number of benzene rings is 3. The lowest BCUT2D eigenvalue weighted by molar-refractivity contribution is -0.122. The fourth-order valence-electron chi connectivity index (χ4n) is 3.93. The molecule has 0 spiro atoms. The van der Waals surface area contributed by atoms with Gasteiger partial charge in [-0.1, -0.05) is 48.5 Å². The van der Waals surface area contributed by atoms with Crippen molar-refractivity contribution in [2.24, 2.45) is 7.05 Å². The smallest absolute Gasteiger partial charge is 0.270 e. The lowest BCUT2D eigenvalue weighted by Crippen LogP contribution is -2.54. The number of hydrogen-bond acceptors (Lipinski definition) is 5. The maximum atomic E-state index is 13.4. The summed E-state index contributed by atoms with van der Waals surface area (Å²) in [5.74, 6) is -0.0505. The third-order valence-corrected chi connectivity index (χ3v) is 6.09. The molecule has 0 saturated carbocycles. The topological polar surface area (TPSA) is 80.6 Å². The molecule has 0 radical (unpaired) electrons. The molecule has 182 valence electrons. The molecule has 8 heteroatoms. The van der Waals surface area contributed by atoms with Gasteiger partial charge in [-0.2, -0.15) is 0 Å². The van der Waals surface area contributed by atoms with Gasteiger partial charge in [-0.3, -0.25) is 24.6 Å². The molecule has 1 aliphatic heterocycles. The van der Waals surface area contributed by atoms with Crippen LogP contribution in [0.3, 0.4) is 0 Å². The standard InChI is InChI=1S/C29H21N3O4S/c1-31-18-20(26(33)19-8-4-2-5-9-19)16-22(31)17-25-27(34)30-29(37)32(28(25)35)21-12-14-24(15-13-21)36-23-10-6-3-7-11-23/h2-18H,1H3,(H,30,34,37)/b25-17-. The van der Waals surface area contributed by atoms with E-state index in [1.165, 1.54) is 11.0 Å². The molecule has 1 N–H and O–H groups in total. The third kappa shape index (κ3) is 4.96. The molecule has 1 saturated heterocycles. The Morgan fingerprint density at radius 1 is 0.865 bits per heavy atom. The van der Waals surface area contributed by atoms with E-state index in [1.54, 1.807) is 72.4 Å². The molecule has 37 heavy (non-hydrogen) atoms. The Morgan fingerprint density at radius 2 is 1.49 bits per heavy atom. The number of nitrogens with zero attached hydrogens (tertiary/aromatic N) is 2. The molecule has 0 unspecified atom stereocenters. The first-order chi connectivity index (χ1) is 17.9. The minimum atomic E-state index is -0.604. The van der Waals surface area contributed by atoms with E-state index in [1.807, 2.05) is 36.4 Å². The van der Waals surface area contributed by atoms with Crippen molar-refractivity contribution in [2.45, 2.75) is 0 Å². The number of amides is 2. The summed E-state index contributed by atoms with van der Waals surface area (Å²) in [4.78, 5) is 40.2. The van der Waals surface area contributed by atoms with Crippen LogP contribution in [0.4, 0.5) is 5.69 Å². The first-order valence-electron chi connectivity index (χ1n) is 11.4. The van der Waals surface area contributed by atoms with Gasteiger partial charge in [0.1, 0.15) is 17.1 Å². The highest BCUT2D eigenvalue weighted by atomic mass is 32.1. The quantitative estimate of drug-likeness (QED) is 0.174. The minimum Gasteiger partial charge on any atom is -0.457 e. The predicted octanol–water partition coefficient (Wildman–Crippen LogP) is 4.88. The van der Waals surface area contributed by atoms with Gasteiger partial charge < -0.3 is 9.30 Å². The van der Waals surface area contributed by atoms with Gasteiger partial charge in [-0.05, 0) is 60.8 Å². The largest absolute Gasteiger partial charge is 0.457 e. The summed E-state index contributed by atoms with van der Waals surface area (Å²) in [6, 6.07) is 26.7. The van der Waals surface area contributed by atoms with E-state index in [9.17, 15) is 14.4 Å². The fourth-order valence-corrected chi connectivity index (χ4v) is 4.21. The number of nitrogens with one attached hydrogen (secondary N) is 1. The number of anilines is 1. The summed E-state index contributed by atoms with van der Waals surface area (Å²) >= 11 is 5.30. The zero-order valence-corrected chi connectivity index (χ0v) is 20.6. The lowest BCUT2D eigenvalue weighted by Gasteiger charge is -2.29. The van der Waals surface area contributed by atoms with Crippen LogP contribution in [0, 0.1) is 0 Å². The molecule has 1 fully saturated rings. The molecular weight excluding hydrogens is 486 g/mol. The van der Waals surface area contributed by atoms with Crippen molar-refractivity contribution in [2.75, 3.05) is 4.90 Å². The Bertz CT molecular complexity index is 1540. The first-order valence-corrected chi connectivity index (χ1v) is 11.8. The highest BCUT2D eigenvalue weighted by Crippen LogP contribution is 2.27. The SMILES string of the molecule is Cn1cc(C(=O)c2ccccc2)cc1/C=C1/C(=O)NC(=S)N(c2ccc(Oc3ccccc3)cc2)C1=O. The van der Waals surface area contributed by atoms with Gasteiger partial charge in [0.25, 0.3) is 11.8 Å². The van der Waals surface area contributed by atoms with Gasteiger partial charge in [0, 0.05) is 30.1 Å². The summed E-state index contributed by atoms with van der Waals surface area (Å²) in [6.45, 7) is 0. The Balaban J connectivity index is 1.40. The average Bonchev–Trinajstić information content (AvgIpc) is 3.28. The summed E-state index contributed by atoms with van der Waals surface area (Å²) < 4.78 is 7.50. The maximum absolute atomic E-state index is 13.4. The average molecular weight is 508 g/mol. The van der Waals surface area contributed by atoms with Crippen LogP contribution < -0.4 is 15.0 Å². The highest BCUT2D eigenvalue weighted by molar-refractivity contribution is 7.80. The van der Waals surface area contributed by atoms with Crippen LogP contribution >= 0.6 is 12.2 Å². The van der Waals surface area contributed by atoms with Crippen LogP contribution in [0.15, 0.2) is 103 Å². The zero-order valence-electron chi connectivity index (χ0n) is 19.8. The number of hydrogen-bond donors (Lipinski definition) is 1. The highest BCUT2D eigenvalue weighted by Gasteiger charge is 2.34. The number of ketones is 1. The van der Waals surface area contributed by atoms with Gasteiger partial charge in [-0.15, -0.1) is 0 Å². The molecule has 2 amide bonds. The Hall–Kier alpha value is -4.82. The van der Waals surface area contributed by atoms with Crippen molar-refractivity contribution in [1.82, 2.24) is 9.88 Å². The van der Waals surface area contributed by atoms with Crippen molar-refractivity contribution < 1.29 is 19.1 Å². The van der Waals surface area contributed by atoms with E-state index in [2.05, 4.69) is 5.32 Å². The molecule has 0 atom stereocenters. The molecule has 7 nitrogen and oxygen atoms in total. The summed E-state index contributed by atoms with van der Waals surface area (Å²) in [5, 5.41) is 2.56. The number of ether oxygens (including phenoxy) is 1. The summed E-state index contributed by atoms with van der Waals surface area (Å²) in [6.07, 6.45) is 3.13. The number of aryl methyl sites for hydroxylation is 1. The molecule has 2 heterocycles. The number of thiocarbonyl (C=S) groups is 1. The number of carbonyl (C=O) groups is 3. The predicted molar refractivity (Wildman–Crippen MR) is 144 cm³/mol. The second-order valence-corrected chi connectivity index (χ2v) is 8.71. The first kappa shape index (κ1) is 23.9. The normalized spacial score (nSPS) is 14.6. The Labute approximate surface area is 218 Å². The van der Waals surface area contributed by atoms with Gasteiger partial charge in [0.15, 0.2) is 10.9 Å². The van der Waals surface area contributed by atoms with Gasteiger partial charge >= 0.3 is 0 Å². The van der Waals surface area contributed by atoms with E-state index in [0.717, 1.165) is 0 Å². The molecule has 0 aliphatic carbocycles. The maximum Gasteiger partial charge on any atom is 0.270 e. The monoisotopic (exact) mass is 507 g/mol. The number of para-hydroxylation sites is 1. The Morgan fingerprint density at radius 3 is 2.16 bits per heavy atom. The number of carbonyl (C=O) groups excluding carboxylic acids is 3. The summed E-state index contributed by atoms with van der Waals surface area (Å²) in [7, 11) is 1.74. The van der Waals surface area contributed by atoms with E-state index in [0.29, 0.717) is 34.0 Å². The van der Waals surface area contributed by atoms with E-state index < -0.39 is 11.8 Å². The second-order valence-electron chi connectivity index (χ2n) is 8.33. The molecular formula is C29H21N3O4S. The van der Waals surface area contributed by atoms with Crippen LogP contribution in [0.2, 0.25) is 0 Å². The van der Waals surface area contributed by atoms with Crippen molar-refractivity contribution in [1.29, 1.82) is 0 Å². The number of aromatic nitrogens is 1. The molecule has 1 aromatic heterocycles. The van der Waals surface area contributed by atoms with Crippen LogP contribution in [-0.2, 0) is 16.6 Å². The molecule has 5 rings (SSSR count).